The summed E-state index contributed by atoms with van der Waals surface area (Å²) in [4.78, 5) is 41.3. The number of amides is 3. The van der Waals surface area contributed by atoms with Gasteiger partial charge in [0.2, 0.25) is 11.8 Å². The van der Waals surface area contributed by atoms with E-state index in [1.807, 2.05) is 61.5 Å². The van der Waals surface area contributed by atoms with Crippen LogP contribution in [0.3, 0.4) is 0 Å². The van der Waals surface area contributed by atoms with Gasteiger partial charge in [-0.3, -0.25) is 14.4 Å². The average molecular weight is 428 g/mol. The molecule has 0 radical (unpaired) electrons. The Labute approximate surface area is 187 Å². The Kier molecular flexibility index (Phi) is 6.03. The largest absolute Gasteiger partial charge is 0.332 e. The maximum atomic E-state index is 13.2. The van der Waals surface area contributed by atoms with Gasteiger partial charge in [0.15, 0.2) is 0 Å². The molecule has 6 nitrogen and oxygen atoms in total. The van der Waals surface area contributed by atoms with E-state index in [1.165, 1.54) is 4.90 Å². The zero-order chi connectivity index (χ0) is 22.7. The van der Waals surface area contributed by atoms with Crippen molar-refractivity contribution in [2.24, 2.45) is 0 Å². The number of nitrogens with one attached hydrogen (secondary N) is 1. The van der Waals surface area contributed by atoms with E-state index in [0.717, 1.165) is 11.1 Å². The summed E-state index contributed by atoms with van der Waals surface area (Å²) in [7, 11) is 1.61. The van der Waals surface area contributed by atoms with E-state index in [9.17, 15) is 14.4 Å². The van der Waals surface area contributed by atoms with Gasteiger partial charge < -0.3 is 15.1 Å². The molecule has 1 N–H and O–H groups in total. The first-order valence-corrected chi connectivity index (χ1v) is 10.6. The molecule has 0 spiro atoms. The number of hydrogen-bond acceptors (Lipinski definition) is 3. The molecular formula is C26H25N3O3. The molecule has 1 aliphatic rings. The van der Waals surface area contributed by atoms with E-state index in [1.54, 1.807) is 36.2 Å². The van der Waals surface area contributed by atoms with Gasteiger partial charge in [-0.25, -0.2) is 0 Å². The molecule has 1 atom stereocenters. The molecule has 32 heavy (non-hydrogen) atoms. The lowest BCUT2D eigenvalue weighted by Crippen LogP contribution is -2.45. The van der Waals surface area contributed by atoms with Crippen LogP contribution in [0.25, 0.3) is 11.1 Å². The number of carbonyl (C=O) groups excluding carboxylic acids is 3. The molecule has 1 aliphatic heterocycles. The summed E-state index contributed by atoms with van der Waals surface area (Å²) in [6, 6.07) is 24.2. The average Bonchev–Trinajstić information content (AvgIpc) is 2.93. The predicted octanol–water partition coefficient (Wildman–Crippen LogP) is 4.19. The second kappa shape index (κ2) is 9.06. The Morgan fingerprint density at radius 3 is 2.28 bits per heavy atom. The third kappa shape index (κ3) is 4.39. The molecule has 3 aromatic carbocycles. The topological polar surface area (TPSA) is 69.7 Å². The lowest BCUT2D eigenvalue weighted by molar-refractivity contribution is -0.119. The van der Waals surface area contributed by atoms with Crippen molar-refractivity contribution in [2.45, 2.75) is 19.4 Å². The van der Waals surface area contributed by atoms with E-state index in [0.29, 0.717) is 16.9 Å². The van der Waals surface area contributed by atoms with Crippen LogP contribution < -0.4 is 10.2 Å². The van der Waals surface area contributed by atoms with Crippen molar-refractivity contribution < 1.29 is 14.4 Å². The third-order valence-corrected chi connectivity index (χ3v) is 5.59. The minimum atomic E-state index is -0.320. The Balaban J connectivity index is 1.50. The van der Waals surface area contributed by atoms with Crippen LogP contribution in [0.4, 0.5) is 11.4 Å². The zero-order valence-corrected chi connectivity index (χ0v) is 18.1. The number of rotatable bonds is 4. The zero-order valence-electron chi connectivity index (χ0n) is 18.1. The minimum Gasteiger partial charge on any atom is -0.332 e. The molecule has 0 saturated carbocycles. The van der Waals surface area contributed by atoms with Crippen LogP contribution in [0.2, 0.25) is 0 Å². The maximum Gasteiger partial charge on any atom is 0.254 e. The molecule has 0 fully saturated rings. The summed E-state index contributed by atoms with van der Waals surface area (Å²) in [5, 5.41) is 2.84. The van der Waals surface area contributed by atoms with Gasteiger partial charge in [-0.2, -0.15) is 0 Å². The van der Waals surface area contributed by atoms with E-state index in [4.69, 9.17) is 0 Å². The summed E-state index contributed by atoms with van der Waals surface area (Å²) in [6.07, 6.45) is 0.193. The number of para-hydroxylation sites is 2. The minimum absolute atomic E-state index is 0.0911. The number of carbonyl (C=O) groups is 3. The lowest BCUT2D eigenvalue weighted by atomic mass is 10.0. The molecule has 162 valence electrons. The van der Waals surface area contributed by atoms with E-state index in [-0.39, 0.29) is 36.7 Å². The van der Waals surface area contributed by atoms with Crippen molar-refractivity contribution in [3.05, 3.63) is 84.4 Å². The molecular weight excluding hydrogens is 402 g/mol. The van der Waals surface area contributed by atoms with Gasteiger partial charge in [-0.1, -0.05) is 54.6 Å². The fourth-order valence-corrected chi connectivity index (χ4v) is 3.97. The van der Waals surface area contributed by atoms with Crippen molar-refractivity contribution in [3.63, 3.8) is 0 Å². The number of nitrogens with zero attached hydrogens (tertiary/aromatic N) is 2. The van der Waals surface area contributed by atoms with Crippen LogP contribution in [0, 0.1) is 0 Å². The van der Waals surface area contributed by atoms with Gasteiger partial charge in [0.25, 0.3) is 5.91 Å². The van der Waals surface area contributed by atoms with Crippen molar-refractivity contribution in [1.29, 1.82) is 0 Å². The highest BCUT2D eigenvalue weighted by atomic mass is 16.2. The van der Waals surface area contributed by atoms with Crippen molar-refractivity contribution in [3.8, 4) is 11.1 Å². The quantitative estimate of drug-likeness (QED) is 0.679. The highest BCUT2D eigenvalue weighted by molar-refractivity contribution is 6.06. The number of benzene rings is 3. The molecule has 1 heterocycles. The van der Waals surface area contributed by atoms with E-state index >= 15 is 0 Å². The van der Waals surface area contributed by atoms with Crippen LogP contribution in [0.5, 0.6) is 0 Å². The van der Waals surface area contributed by atoms with Crippen LogP contribution in [-0.2, 0) is 9.59 Å². The van der Waals surface area contributed by atoms with Crippen LogP contribution in [0.1, 0.15) is 23.7 Å². The highest BCUT2D eigenvalue weighted by Crippen LogP contribution is 2.31. The monoisotopic (exact) mass is 427 g/mol. The van der Waals surface area contributed by atoms with Crippen LogP contribution in [0.15, 0.2) is 78.9 Å². The first-order chi connectivity index (χ1) is 15.4. The Hall–Kier alpha value is -3.93. The molecule has 6 heteroatoms. The van der Waals surface area contributed by atoms with Crippen LogP contribution in [-0.4, -0.2) is 42.3 Å². The predicted molar refractivity (Wildman–Crippen MR) is 125 cm³/mol. The molecule has 0 aromatic heterocycles. The van der Waals surface area contributed by atoms with Crippen molar-refractivity contribution in [1.82, 2.24) is 4.90 Å². The smallest absolute Gasteiger partial charge is 0.254 e. The van der Waals surface area contributed by atoms with Gasteiger partial charge in [-0.15, -0.1) is 0 Å². The normalized spacial score (nSPS) is 15.4. The fourth-order valence-electron chi connectivity index (χ4n) is 3.97. The molecule has 0 saturated heterocycles. The maximum absolute atomic E-state index is 13.2. The molecule has 0 aliphatic carbocycles. The Morgan fingerprint density at radius 1 is 0.938 bits per heavy atom. The molecule has 3 aromatic rings. The highest BCUT2D eigenvalue weighted by Gasteiger charge is 2.30. The SMILES string of the molecule is C[C@H]1CC(=O)Nc2ccccc2N1C(=O)CN(C)C(=O)c1ccc(-c2ccccc2)cc1. The van der Waals surface area contributed by atoms with Crippen LogP contribution >= 0.6 is 0 Å². The van der Waals surface area contributed by atoms with Gasteiger partial charge in [0.05, 0.1) is 11.4 Å². The number of fused-ring (bicyclic) bond motifs is 1. The van der Waals surface area contributed by atoms with Crippen molar-refractivity contribution >= 4 is 29.1 Å². The molecule has 3 amide bonds. The first kappa shape index (κ1) is 21.3. The molecule has 0 unspecified atom stereocenters. The third-order valence-electron chi connectivity index (χ3n) is 5.59. The standard InChI is InChI=1S/C26H25N3O3/c1-18-16-24(30)27-22-10-6-7-11-23(22)29(18)25(31)17-28(2)26(32)21-14-12-20(13-15-21)19-8-4-3-5-9-19/h3-15,18H,16-17H2,1-2H3,(H,27,30)/t18-/m0/s1. The Morgan fingerprint density at radius 2 is 1.56 bits per heavy atom. The first-order valence-electron chi connectivity index (χ1n) is 10.6. The molecule has 0 bridgehead atoms. The van der Waals surface area contributed by atoms with E-state index < -0.39 is 0 Å². The van der Waals surface area contributed by atoms with Gasteiger partial charge in [0, 0.05) is 25.1 Å². The summed E-state index contributed by atoms with van der Waals surface area (Å²) in [6.45, 7) is 1.75. The second-order valence-electron chi connectivity index (χ2n) is 7.99. The summed E-state index contributed by atoms with van der Waals surface area (Å²) in [5.41, 5.74) is 3.85. The summed E-state index contributed by atoms with van der Waals surface area (Å²) in [5.74, 6) is -0.607. The fraction of sp³-hybridized carbons (Fsp3) is 0.192. The Bertz CT molecular complexity index is 1140. The van der Waals surface area contributed by atoms with Gasteiger partial charge in [0.1, 0.15) is 6.54 Å². The van der Waals surface area contributed by atoms with Gasteiger partial charge in [-0.05, 0) is 42.3 Å². The molecule has 4 rings (SSSR count). The van der Waals surface area contributed by atoms with E-state index in [2.05, 4.69) is 5.32 Å². The van der Waals surface area contributed by atoms with Gasteiger partial charge >= 0.3 is 0 Å². The van der Waals surface area contributed by atoms with Crippen molar-refractivity contribution in [2.75, 3.05) is 23.8 Å². The summed E-state index contributed by atoms with van der Waals surface area (Å²) < 4.78 is 0. The number of likely N-dealkylation sites (N-methyl/N-ethyl adjacent to an activating group) is 1. The number of hydrogen-bond donors (Lipinski definition) is 1. The number of anilines is 2. The lowest BCUT2D eigenvalue weighted by Gasteiger charge is -2.29. The second-order valence-corrected chi connectivity index (χ2v) is 7.99. The summed E-state index contributed by atoms with van der Waals surface area (Å²) >= 11 is 0.